The lowest BCUT2D eigenvalue weighted by atomic mass is 9.97. The van der Waals surface area contributed by atoms with E-state index >= 15 is 0 Å². The van der Waals surface area contributed by atoms with Gasteiger partial charge in [-0.05, 0) is 67.8 Å². The number of fused-ring (bicyclic) bond motifs is 2. The summed E-state index contributed by atoms with van der Waals surface area (Å²) in [4.78, 5) is 37.3. The van der Waals surface area contributed by atoms with E-state index in [-0.39, 0.29) is 22.7 Å². The molecule has 0 saturated heterocycles. The maximum absolute atomic E-state index is 13.8. The van der Waals surface area contributed by atoms with Gasteiger partial charge in [0.1, 0.15) is 5.58 Å². The van der Waals surface area contributed by atoms with Crippen molar-refractivity contribution in [2.75, 3.05) is 18.6 Å². The van der Waals surface area contributed by atoms with Crippen molar-refractivity contribution in [3.05, 3.63) is 87.0 Å². The fourth-order valence-corrected chi connectivity index (χ4v) is 4.29. The molecule has 1 atom stereocenters. The molecule has 34 heavy (non-hydrogen) atoms. The molecule has 1 amide bonds. The average Bonchev–Trinajstić information content (AvgIpc) is 3.14. The second-order valence-corrected chi connectivity index (χ2v) is 8.08. The lowest BCUT2D eigenvalue weighted by Crippen LogP contribution is -2.31. The van der Waals surface area contributed by atoms with E-state index in [0.29, 0.717) is 34.6 Å². The molecule has 0 N–H and O–H groups in total. The van der Waals surface area contributed by atoms with E-state index in [1.807, 2.05) is 20.8 Å². The van der Waals surface area contributed by atoms with Crippen molar-refractivity contribution in [2.24, 2.45) is 0 Å². The first-order valence-corrected chi connectivity index (χ1v) is 10.9. The Morgan fingerprint density at radius 2 is 1.76 bits per heavy atom. The number of aromatic nitrogens is 2. The third kappa shape index (κ3) is 3.30. The Morgan fingerprint density at radius 3 is 2.47 bits per heavy atom. The SMILES string of the molecule is CCOc1ccc(C2c3c(oc4cc(C)c(C)cc4c3=O)C(=O)N2c2ncccn2)cc1OC. The maximum atomic E-state index is 13.8. The number of carbonyl (C=O) groups excluding carboxylic acids is 1. The Morgan fingerprint density at radius 1 is 1.03 bits per heavy atom. The fourth-order valence-electron chi connectivity index (χ4n) is 4.29. The van der Waals surface area contributed by atoms with Crippen LogP contribution >= 0.6 is 0 Å². The van der Waals surface area contributed by atoms with E-state index in [9.17, 15) is 9.59 Å². The summed E-state index contributed by atoms with van der Waals surface area (Å²) in [7, 11) is 1.54. The quantitative estimate of drug-likeness (QED) is 0.439. The smallest absolute Gasteiger partial charge is 0.297 e. The molecular formula is C26H23N3O5. The van der Waals surface area contributed by atoms with E-state index in [4.69, 9.17) is 13.9 Å². The number of amides is 1. The number of hydrogen-bond acceptors (Lipinski definition) is 7. The normalized spacial score (nSPS) is 15.0. The third-order valence-electron chi connectivity index (χ3n) is 6.06. The summed E-state index contributed by atoms with van der Waals surface area (Å²) < 4.78 is 17.2. The van der Waals surface area contributed by atoms with Crippen LogP contribution < -0.4 is 19.8 Å². The molecule has 5 rings (SSSR count). The molecule has 172 valence electrons. The van der Waals surface area contributed by atoms with E-state index in [0.717, 1.165) is 11.1 Å². The number of carbonyl (C=O) groups is 1. The molecule has 8 heteroatoms. The number of aryl methyl sites for hydroxylation is 2. The van der Waals surface area contributed by atoms with Crippen molar-refractivity contribution in [2.45, 2.75) is 26.8 Å². The van der Waals surface area contributed by atoms with Crippen LogP contribution in [0.4, 0.5) is 5.95 Å². The predicted octanol–water partition coefficient (Wildman–Crippen LogP) is 4.36. The zero-order valence-electron chi connectivity index (χ0n) is 19.3. The van der Waals surface area contributed by atoms with Crippen molar-refractivity contribution < 1.29 is 18.7 Å². The molecule has 0 fully saturated rings. The minimum absolute atomic E-state index is 0.00828. The van der Waals surface area contributed by atoms with Gasteiger partial charge in [0.05, 0.1) is 30.7 Å². The summed E-state index contributed by atoms with van der Waals surface area (Å²) in [5.74, 6) is 0.748. The molecule has 4 aromatic rings. The second kappa shape index (κ2) is 8.30. The minimum atomic E-state index is -0.795. The number of ether oxygens (including phenoxy) is 2. The molecular weight excluding hydrogens is 434 g/mol. The summed E-state index contributed by atoms with van der Waals surface area (Å²) in [6.45, 7) is 6.22. The van der Waals surface area contributed by atoms with Crippen LogP contribution in [0, 0.1) is 13.8 Å². The molecule has 1 aliphatic rings. The first kappa shape index (κ1) is 21.6. The Labute approximate surface area is 195 Å². The number of hydrogen-bond donors (Lipinski definition) is 0. The van der Waals surface area contributed by atoms with Crippen LogP contribution in [0.5, 0.6) is 11.5 Å². The van der Waals surface area contributed by atoms with E-state index in [1.54, 1.807) is 55.9 Å². The molecule has 1 aliphatic heterocycles. The highest BCUT2D eigenvalue weighted by Gasteiger charge is 2.45. The van der Waals surface area contributed by atoms with Crippen LogP contribution in [0.25, 0.3) is 11.0 Å². The summed E-state index contributed by atoms with van der Waals surface area (Å²) in [5, 5.41) is 0.424. The molecule has 8 nitrogen and oxygen atoms in total. The number of rotatable bonds is 5. The first-order chi connectivity index (χ1) is 16.4. The molecule has 0 aliphatic carbocycles. The Bertz CT molecular complexity index is 1480. The highest BCUT2D eigenvalue weighted by atomic mass is 16.5. The second-order valence-electron chi connectivity index (χ2n) is 8.08. The molecule has 2 aromatic heterocycles. The van der Waals surface area contributed by atoms with Gasteiger partial charge < -0.3 is 13.9 Å². The van der Waals surface area contributed by atoms with Gasteiger partial charge in [0, 0.05) is 12.4 Å². The average molecular weight is 457 g/mol. The summed E-state index contributed by atoms with van der Waals surface area (Å²) in [6, 6.07) is 9.79. The van der Waals surface area contributed by atoms with Crippen molar-refractivity contribution in [3.8, 4) is 11.5 Å². The van der Waals surface area contributed by atoms with Crippen LogP contribution in [-0.2, 0) is 0 Å². The largest absolute Gasteiger partial charge is 0.493 e. The lowest BCUT2D eigenvalue weighted by Gasteiger charge is -2.23. The highest BCUT2D eigenvalue weighted by molar-refractivity contribution is 6.09. The van der Waals surface area contributed by atoms with Gasteiger partial charge in [-0.25, -0.2) is 9.97 Å². The maximum Gasteiger partial charge on any atom is 0.297 e. The lowest BCUT2D eigenvalue weighted by molar-refractivity contribution is 0.0969. The minimum Gasteiger partial charge on any atom is -0.493 e. The van der Waals surface area contributed by atoms with E-state index < -0.39 is 11.9 Å². The molecule has 0 radical (unpaired) electrons. The Balaban J connectivity index is 1.80. The number of anilines is 1. The number of benzene rings is 2. The van der Waals surface area contributed by atoms with Gasteiger partial charge in [-0.1, -0.05) is 6.07 Å². The van der Waals surface area contributed by atoms with Gasteiger partial charge in [0.2, 0.25) is 11.7 Å². The molecule has 0 saturated carbocycles. The van der Waals surface area contributed by atoms with Gasteiger partial charge in [-0.15, -0.1) is 0 Å². The Kier molecular flexibility index (Phi) is 5.28. The summed E-state index contributed by atoms with van der Waals surface area (Å²) in [6.07, 6.45) is 3.10. The number of nitrogens with zero attached hydrogens (tertiary/aromatic N) is 3. The molecule has 0 spiro atoms. The van der Waals surface area contributed by atoms with Crippen molar-refractivity contribution in [1.82, 2.24) is 9.97 Å². The standard InChI is InChI=1S/C26H23N3O5/c1-5-33-18-8-7-16(13-20(18)32-4)22-21-23(30)17-11-14(2)15(3)12-19(17)34-24(21)25(31)29(22)26-27-9-6-10-28-26/h6-13,22H,5H2,1-4H3. The van der Waals surface area contributed by atoms with Crippen molar-refractivity contribution in [3.63, 3.8) is 0 Å². The van der Waals surface area contributed by atoms with Crippen LogP contribution in [0.1, 0.15) is 45.8 Å². The number of methoxy groups -OCH3 is 1. The van der Waals surface area contributed by atoms with Crippen LogP contribution in [0.15, 0.2) is 58.0 Å². The van der Waals surface area contributed by atoms with Crippen LogP contribution in [-0.4, -0.2) is 29.6 Å². The van der Waals surface area contributed by atoms with Gasteiger partial charge in [0.15, 0.2) is 16.9 Å². The topological polar surface area (TPSA) is 94.8 Å². The summed E-state index contributed by atoms with van der Waals surface area (Å²) in [5.41, 5.74) is 2.95. The Hall–Kier alpha value is -4.20. The van der Waals surface area contributed by atoms with Crippen LogP contribution in [0.3, 0.4) is 0 Å². The van der Waals surface area contributed by atoms with E-state index in [1.165, 1.54) is 4.90 Å². The fraction of sp³-hybridized carbons (Fsp3) is 0.231. The molecule has 1 unspecified atom stereocenters. The van der Waals surface area contributed by atoms with Crippen molar-refractivity contribution in [1.29, 1.82) is 0 Å². The molecule has 2 aromatic carbocycles. The first-order valence-electron chi connectivity index (χ1n) is 10.9. The van der Waals surface area contributed by atoms with Gasteiger partial charge >= 0.3 is 0 Å². The van der Waals surface area contributed by atoms with Gasteiger partial charge in [0.25, 0.3) is 5.91 Å². The van der Waals surface area contributed by atoms with Gasteiger partial charge in [-0.3, -0.25) is 14.5 Å². The monoisotopic (exact) mass is 457 g/mol. The zero-order chi connectivity index (χ0) is 24.0. The van der Waals surface area contributed by atoms with Crippen molar-refractivity contribution >= 4 is 22.8 Å². The molecule has 3 heterocycles. The zero-order valence-corrected chi connectivity index (χ0v) is 19.3. The van der Waals surface area contributed by atoms with Crippen LogP contribution in [0.2, 0.25) is 0 Å². The summed E-state index contributed by atoms with van der Waals surface area (Å²) >= 11 is 0. The highest BCUT2D eigenvalue weighted by Crippen LogP contribution is 2.42. The predicted molar refractivity (Wildman–Crippen MR) is 127 cm³/mol. The third-order valence-corrected chi connectivity index (χ3v) is 6.06. The molecule has 0 bridgehead atoms. The van der Waals surface area contributed by atoms with Gasteiger partial charge in [-0.2, -0.15) is 0 Å². The van der Waals surface area contributed by atoms with E-state index in [2.05, 4.69) is 9.97 Å².